The molecule has 1 aliphatic heterocycles. The van der Waals surface area contributed by atoms with Crippen LogP contribution in [0.2, 0.25) is 0 Å². The van der Waals surface area contributed by atoms with Crippen molar-refractivity contribution in [2.75, 3.05) is 46.3 Å². The van der Waals surface area contributed by atoms with Crippen LogP contribution in [-0.2, 0) is 9.59 Å². The molecule has 0 bridgehead atoms. The SMILES string of the molecule is CCNC(=O)C(=O)NCC(c1ccc(F)cc1)N1CCN(C)CC1. The third-order valence-electron chi connectivity index (χ3n) is 4.23. The van der Waals surface area contributed by atoms with Gasteiger partial charge in [0.1, 0.15) is 5.82 Å². The van der Waals surface area contributed by atoms with E-state index in [4.69, 9.17) is 0 Å². The van der Waals surface area contributed by atoms with Crippen molar-refractivity contribution in [3.63, 3.8) is 0 Å². The molecule has 1 unspecified atom stereocenters. The summed E-state index contributed by atoms with van der Waals surface area (Å²) >= 11 is 0. The Kier molecular flexibility index (Phi) is 6.69. The Morgan fingerprint density at radius 1 is 1.08 bits per heavy atom. The quantitative estimate of drug-likeness (QED) is 0.763. The fraction of sp³-hybridized carbons (Fsp3) is 0.529. The molecule has 1 saturated heterocycles. The Labute approximate surface area is 142 Å². The first kappa shape index (κ1) is 18.4. The van der Waals surface area contributed by atoms with Crippen LogP contribution in [-0.4, -0.2) is 67.9 Å². The Bertz CT molecular complexity index is 556. The Morgan fingerprint density at radius 3 is 2.25 bits per heavy atom. The average Bonchev–Trinajstić information content (AvgIpc) is 2.58. The van der Waals surface area contributed by atoms with Crippen molar-refractivity contribution in [3.8, 4) is 0 Å². The summed E-state index contributed by atoms with van der Waals surface area (Å²) in [6.07, 6.45) is 0. The summed E-state index contributed by atoms with van der Waals surface area (Å²) in [5.74, 6) is -1.56. The van der Waals surface area contributed by atoms with Crippen molar-refractivity contribution in [2.45, 2.75) is 13.0 Å². The van der Waals surface area contributed by atoms with E-state index in [0.29, 0.717) is 13.1 Å². The zero-order chi connectivity index (χ0) is 17.5. The lowest BCUT2D eigenvalue weighted by molar-refractivity contribution is -0.139. The summed E-state index contributed by atoms with van der Waals surface area (Å²) in [5.41, 5.74) is 0.928. The molecule has 132 valence electrons. The van der Waals surface area contributed by atoms with Gasteiger partial charge in [0.25, 0.3) is 0 Å². The highest BCUT2D eigenvalue weighted by molar-refractivity contribution is 6.35. The molecule has 2 N–H and O–H groups in total. The summed E-state index contributed by atoms with van der Waals surface area (Å²) in [5, 5.41) is 5.17. The number of carbonyl (C=O) groups is 2. The van der Waals surface area contributed by atoms with Gasteiger partial charge < -0.3 is 15.5 Å². The number of rotatable bonds is 5. The molecule has 0 aromatic heterocycles. The number of nitrogens with one attached hydrogen (secondary N) is 2. The largest absolute Gasteiger partial charge is 0.348 e. The smallest absolute Gasteiger partial charge is 0.309 e. The maximum atomic E-state index is 13.2. The van der Waals surface area contributed by atoms with Crippen LogP contribution in [0.5, 0.6) is 0 Å². The first-order valence-corrected chi connectivity index (χ1v) is 8.25. The number of hydrogen-bond acceptors (Lipinski definition) is 4. The zero-order valence-corrected chi connectivity index (χ0v) is 14.2. The number of likely N-dealkylation sites (N-methyl/N-ethyl adjacent to an activating group) is 2. The van der Waals surface area contributed by atoms with E-state index in [9.17, 15) is 14.0 Å². The number of nitrogens with zero attached hydrogens (tertiary/aromatic N) is 2. The van der Waals surface area contributed by atoms with Gasteiger partial charge >= 0.3 is 11.8 Å². The van der Waals surface area contributed by atoms with Crippen LogP contribution >= 0.6 is 0 Å². The molecule has 7 heteroatoms. The van der Waals surface area contributed by atoms with Gasteiger partial charge in [-0.05, 0) is 31.7 Å². The minimum atomic E-state index is -0.641. The monoisotopic (exact) mass is 336 g/mol. The van der Waals surface area contributed by atoms with Gasteiger partial charge in [-0.2, -0.15) is 0 Å². The van der Waals surface area contributed by atoms with Crippen molar-refractivity contribution in [1.82, 2.24) is 20.4 Å². The fourth-order valence-electron chi connectivity index (χ4n) is 2.79. The Morgan fingerprint density at radius 2 is 1.67 bits per heavy atom. The molecule has 1 atom stereocenters. The van der Waals surface area contributed by atoms with Gasteiger partial charge in [-0.1, -0.05) is 12.1 Å². The minimum Gasteiger partial charge on any atom is -0.348 e. The molecule has 1 aromatic rings. The molecule has 1 fully saturated rings. The molecule has 1 aromatic carbocycles. The molecule has 1 heterocycles. The average molecular weight is 336 g/mol. The Balaban J connectivity index is 2.06. The number of benzene rings is 1. The van der Waals surface area contributed by atoms with E-state index in [1.54, 1.807) is 19.1 Å². The molecule has 0 radical (unpaired) electrons. The highest BCUT2D eigenvalue weighted by Gasteiger charge is 2.25. The molecule has 1 aliphatic rings. The van der Waals surface area contributed by atoms with E-state index in [1.807, 2.05) is 0 Å². The second-order valence-corrected chi connectivity index (χ2v) is 5.98. The highest BCUT2D eigenvalue weighted by atomic mass is 19.1. The van der Waals surface area contributed by atoms with Crippen LogP contribution in [0.25, 0.3) is 0 Å². The normalized spacial score (nSPS) is 17.3. The van der Waals surface area contributed by atoms with E-state index in [0.717, 1.165) is 31.7 Å². The van der Waals surface area contributed by atoms with E-state index >= 15 is 0 Å². The van der Waals surface area contributed by atoms with Crippen molar-refractivity contribution in [1.29, 1.82) is 0 Å². The van der Waals surface area contributed by atoms with Crippen molar-refractivity contribution < 1.29 is 14.0 Å². The zero-order valence-electron chi connectivity index (χ0n) is 14.2. The van der Waals surface area contributed by atoms with Crippen LogP contribution in [0.15, 0.2) is 24.3 Å². The number of hydrogen-bond donors (Lipinski definition) is 2. The predicted octanol–water partition coefficient (Wildman–Crippen LogP) is 0.367. The second kappa shape index (κ2) is 8.75. The van der Waals surface area contributed by atoms with Crippen LogP contribution in [0.3, 0.4) is 0 Å². The fourth-order valence-corrected chi connectivity index (χ4v) is 2.79. The van der Waals surface area contributed by atoms with E-state index < -0.39 is 11.8 Å². The first-order valence-electron chi connectivity index (χ1n) is 8.25. The molecular weight excluding hydrogens is 311 g/mol. The molecule has 0 spiro atoms. The lowest BCUT2D eigenvalue weighted by Crippen LogP contribution is -2.49. The molecule has 24 heavy (non-hydrogen) atoms. The summed E-state index contributed by atoms with van der Waals surface area (Å²) in [6.45, 7) is 6.06. The molecular formula is C17H25FN4O2. The Hall–Kier alpha value is -1.99. The van der Waals surface area contributed by atoms with Gasteiger partial charge in [0, 0.05) is 39.3 Å². The molecule has 2 rings (SSSR count). The van der Waals surface area contributed by atoms with Crippen LogP contribution in [0.1, 0.15) is 18.5 Å². The number of carbonyl (C=O) groups excluding carboxylic acids is 2. The molecule has 0 aliphatic carbocycles. The van der Waals surface area contributed by atoms with Crippen LogP contribution in [0, 0.1) is 5.82 Å². The van der Waals surface area contributed by atoms with Gasteiger partial charge in [0.05, 0.1) is 6.04 Å². The van der Waals surface area contributed by atoms with Gasteiger partial charge in [0.15, 0.2) is 0 Å². The minimum absolute atomic E-state index is 0.0855. The summed E-state index contributed by atoms with van der Waals surface area (Å²) in [7, 11) is 2.07. The first-order chi connectivity index (χ1) is 11.5. The van der Waals surface area contributed by atoms with E-state index in [-0.39, 0.29) is 11.9 Å². The second-order valence-electron chi connectivity index (χ2n) is 5.98. The summed E-state index contributed by atoms with van der Waals surface area (Å²) in [4.78, 5) is 27.9. The standard InChI is InChI=1S/C17H25FN4O2/c1-3-19-16(23)17(24)20-12-15(13-4-6-14(18)7-5-13)22-10-8-21(2)9-11-22/h4-7,15H,3,8-12H2,1-2H3,(H,19,23)(H,20,24). The van der Waals surface area contributed by atoms with E-state index in [1.165, 1.54) is 12.1 Å². The van der Waals surface area contributed by atoms with E-state index in [2.05, 4.69) is 27.5 Å². The molecule has 0 saturated carbocycles. The number of halogens is 1. The van der Waals surface area contributed by atoms with Crippen molar-refractivity contribution in [3.05, 3.63) is 35.6 Å². The third kappa shape index (κ3) is 5.01. The lowest BCUT2D eigenvalue weighted by atomic mass is 10.0. The number of piperazine rings is 1. The predicted molar refractivity (Wildman–Crippen MR) is 89.9 cm³/mol. The number of amides is 2. The van der Waals surface area contributed by atoms with Crippen molar-refractivity contribution in [2.24, 2.45) is 0 Å². The van der Waals surface area contributed by atoms with Gasteiger partial charge in [0.2, 0.25) is 0 Å². The van der Waals surface area contributed by atoms with Crippen LogP contribution < -0.4 is 10.6 Å². The van der Waals surface area contributed by atoms with Gasteiger partial charge in [-0.3, -0.25) is 14.5 Å². The van der Waals surface area contributed by atoms with Crippen LogP contribution in [0.4, 0.5) is 4.39 Å². The molecule has 2 amide bonds. The molecule has 6 nitrogen and oxygen atoms in total. The maximum absolute atomic E-state index is 13.2. The topological polar surface area (TPSA) is 64.7 Å². The van der Waals surface area contributed by atoms with Gasteiger partial charge in [-0.15, -0.1) is 0 Å². The van der Waals surface area contributed by atoms with Crippen molar-refractivity contribution >= 4 is 11.8 Å². The third-order valence-corrected chi connectivity index (χ3v) is 4.23. The summed E-state index contributed by atoms with van der Waals surface area (Å²) in [6, 6.07) is 6.22. The van der Waals surface area contributed by atoms with Gasteiger partial charge in [-0.25, -0.2) is 4.39 Å². The summed E-state index contributed by atoms with van der Waals surface area (Å²) < 4.78 is 13.2. The lowest BCUT2D eigenvalue weighted by Gasteiger charge is -2.38. The maximum Gasteiger partial charge on any atom is 0.309 e. The highest BCUT2D eigenvalue weighted by Crippen LogP contribution is 2.22.